The third kappa shape index (κ3) is 2.89. The Kier molecular flexibility index (Phi) is 4.79. The molecule has 1 aliphatic carbocycles. The lowest BCUT2D eigenvalue weighted by molar-refractivity contribution is 0.318. The Balaban J connectivity index is 1.87. The summed E-state index contributed by atoms with van der Waals surface area (Å²) in [6.07, 6.45) is 6.26. The fourth-order valence-corrected chi connectivity index (χ4v) is 7.75. The van der Waals surface area contributed by atoms with Crippen LogP contribution in [-0.4, -0.2) is 25.6 Å². The number of allylic oxidation sites excluding steroid dienone is 3. The number of hydrogen-bond donors (Lipinski definition) is 1. The monoisotopic (exact) mass is 341 g/mol. The molecule has 3 rings (SSSR count). The molecule has 0 saturated heterocycles. The quantitative estimate of drug-likeness (QED) is 0.783. The normalized spacial score (nSPS) is 23.6. The number of aliphatic imine (C=N–C) groups is 1. The maximum Gasteiger partial charge on any atom is 0.213 e. The third-order valence-electron chi connectivity index (χ3n) is 5.34. The van der Waals surface area contributed by atoms with Gasteiger partial charge in [-0.15, -0.1) is 0 Å². The van der Waals surface area contributed by atoms with Crippen molar-refractivity contribution in [1.29, 1.82) is 0 Å². The van der Waals surface area contributed by atoms with Crippen molar-refractivity contribution in [2.75, 3.05) is 6.61 Å². The molecule has 0 amide bonds. The summed E-state index contributed by atoms with van der Waals surface area (Å²) in [5, 5.41) is 0. The van der Waals surface area contributed by atoms with Gasteiger partial charge in [0.25, 0.3) is 0 Å². The van der Waals surface area contributed by atoms with Gasteiger partial charge in [-0.05, 0) is 16.6 Å². The minimum atomic E-state index is -2.52. The lowest BCUT2D eigenvalue weighted by Gasteiger charge is -2.38. The van der Waals surface area contributed by atoms with Crippen molar-refractivity contribution in [3.05, 3.63) is 59.7 Å². The van der Waals surface area contributed by atoms with Crippen LogP contribution in [0.4, 0.5) is 0 Å². The van der Waals surface area contributed by atoms with Crippen molar-refractivity contribution in [1.82, 2.24) is 0 Å². The molecule has 1 unspecified atom stereocenters. The van der Waals surface area contributed by atoms with Gasteiger partial charge in [-0.25, -0.2) is 4.99 Å². The maximum atomic E-state index is 11.5. The van der Waals surface area contributed by atoms with Gasteiger partial charge in [0.2, 0.25) is 14.2 Å². The van der Waals surface area contributed by atoms with Crippen molar-refractivity contribution >= 4 is 14.2 Å². The van der Waals surface area contributed by atoms with E-state index in [4.69, 9.17) is 9.73 Å². The van der Waals surface area contributed by atoms with Gasteiger partial charge in [0.1, 0.15) is 12.6 Å². The fourth-order valence-electron chi connectivity index (χ4n) is 3.85. The smallest absolute Gasteiger partial charge is 0.213 e. The van der Waals surface area contributed by atoms with Crippen molar-refractivity contribution in [2.45, 2.75) is 50.4 Å². The minimum absolute atomic E-state index is 0.0520. The van der Waals surface area contributed by atoms with Crippen molar-refractivity contribution in [2.24, 2.45) is 4.99 Å². The molecule has 128 valence electrons. The van der Waals surface area contributed by atoms with Crippen molar-refractivity contribution in [3.8, 4) is 0 Å². The summed E-state index contributed by atoms with van der Waals surface area (Å²) in [5.74, 6) is 0.714. The second-order valence-electron chi connectivity index (χ2n) is 7.35. The molecule has 1 aliphatic heterocycles. The molecule has 4 heteroatoms. The summed E-state index contributed by atoms with van der Waals surface area (Å²) in [4.78, 5) is 16.3. The Labute approximate surface area is 145 Å². The molecule has 2 atom stereocenters. The molecule has 0 bridgehead atoms. The highest BCUT2D eigenvalue weighted by Gasteiger charge is 2.48. The molecular formula is C20H27NO2Si. The third-order valence-corrected chi connectivity index (χ3v) is 10.5. The molecule has 1 N–H and O–H groups in total. The van der Waals surface area contributed by atoms with Crippen LogP contribution >= 0.6 is 0 Å². The Hall–Kier alpha value is -1.65. The molecule has 2 aliphatic rings. The first kappa shape index (κ1) is 17.2. The number of rotatable bonds is 5. The average molecular weight is 342 g/mol. The van der Waals surface area contributed by atoms with Crippen LogP contribution in [0.1, 0.15) is 39.3 Å². The van der Waals surface area contributed by atoms with Crippen LogP contribution in [0.2, 0.25) is 16.6 Å². The Morgan fingerprint density at radius 2 is 1.79 bits per heavy atom. The number of benzene rings is 1. The van der Waals surface area contributed by atoms with E-state index < -0.39 is 8.32 Å². The van der Waals surface area contributed by atoms with Crippen LogP contribution in [0.15, 0.2) is 59.1 Å². The van der Waals surface area contributed by atoms with E-state index in [1.807, 2.05) is 24.3 Å². The van der Waals surface area contributed by atoms with Crippen LogP contribution in [-0.2, 0) is 4.74 Å². The largest absolute Gasteiger partial charge is 0.475 e. The van der Waals surface area contributed by atoms with E-state index in [2.05, 4.69) is 52.0 Å². The molecule has 0 aromatic heterocycles. The molecule has 0 saturated carbocycles. The van der Waals surface area contributed by atoms with E-state index in [0.29, 0.717) is 12.5 Å². The second-order valence-corrected chi connectivity index (χ2v) is 12.1. The molecular weight excluding hydrogens is 314 g/mol. The van der Waals surface area contributed by atoms with Gasteiger partial charge in [0, 0.05) is 11.1 Å². The summed E-state index contributed by atoms with van der Waals surface area (Å²) in [6.45, 7) is 9.13. The fraction of sp³-hybridized carbons (Fsp3) is 0.450. The molecule has 0 fully saturated rings. The Morgan fingerprint density at radius 3 is 2.42 bits per heavy atom. The van der Waals surface area contributed by atoms with Crippen LogP contribution in [0.25, 0.3) is 0 Å². The maximum absolute atomic E-state index is 11.5. The highest BCUT2D eigenvalue weighted by atomic mass is 28.4. The summed E-state index contributed by atoms with van der Waals surface area (Å²) >= 11 is 0. The van der Waals surface area contributed by atoms with E-state index in [0.717, 1.165) is 5.57 Å². The predicted molar refractivity (Wildman–Crippen MR) is 102 cm³/mol. The average Bonchev–Trinajstić information content (AvgIpc) is 3.23. The first-order valence-corrected chi connectivity index (χ1v) is 11.0. The van der Waals surface area contributed by atoms with Crippen molar-refractivity contribution < 1.29 is 9.53 Å². The summed E-state index contributed by atoms with van der Waals surface area (Å²) in [6, 6.07) is 10.3. The predicted octanol–water partition coefficient (Wildman–Crippen LogP) is 4.78. The van der Waals surface area contributed by atoms with Gasteiger partial charge >= 0.3 is 0 Å². The standard InChI is InChI=1S/C20H27NO2Si/c1-14(2)24(22,15(3)4)19-12-8-11-17(19)20-21-18(13-23-20)16-9-6-5-7-10-16/h5-12,14-15,18-19,22H,13H2,1-4H3/t18-,19?/m1/s1. The second kappa shape index (κ2) is 6.69. The summed E-state index contributed by atoms with van der Waals surface area (Å²) in [5.41, 5.74) is 2.85. The lowest BCUT2D eigenvalue weighted by atomic mass is 10.1. The van der Waals surface area contributed by atoms with Crippen LogP contribution < -0.4 is 0 Å². The first-order chi connectivity index (χ1) is 11.4. The first-order valence-electron chi connectivity index (χ1n) is 8.81. The molecule has 24 heavy (non-hydrogen) atoms. The van der Waals surface area contributed by atoms with E-state index in [-0.39, 0.29) is 22.7 Å². The molecule has 0 spiro atoms. The van der Waals surface area contributed by atoms with Gasteiger partial charge in [-0.1, -0.05) is 76.3 Å². The molecule has 0 radical (unpaired) electrons. The van der Waals surface area contributed by atoms with Gasteiger partial charge in [0.05, 0.1) is 0 Å². The van der Waals surface area contributed by atoms with Gasteiger partial charge in [-0.2, -0.15) is 0 Å². The van der Waals surface area contributed by atoms with E-state index >= 15 is 0 Å². The number of ether oxygens (including phenoxy) is 1. The number of hydrogen-bond acceptors (Lipinski definition) is 3. The topological polar surface area (TPSA) is 41.8 Å². The highest BCUT2D eigenvalue weighted by Crippen LogP contribution is 2.47. The summed E-state index contributed by atoms with van der Waals surface area (Å²) in [7, 11) is -2.52. The Bertz CT molecular complexity index is 668. The van der Waals surface area contributed by atoms with Crippen LogP contribution in [0.5, 0.6) is 0 Å². The lowest BCUT2D eigenvalue weighted by Crippen LogP contribution is -2.46. The van der Waals surface area contributed by atoms with Crippen LogP contribution in [0.3, 0.4) is 0 Å². The van der Waals surface area contributed by atoms with Gasteiger partial charge in [0.15, 0.2) is 0 Å². The van der Waals surface area contributed by atoms with E-state index in [9.17, 15) is 4.80 Å². The SMILES string of the molecule is CC(C)[Si](O)(C(C)C)C1C=CC=C1C1=N[C@@H](c2ccccc2)CO1. The number of nitrogens with zero attached hydrogens (tertiary/aromatic N) is 1. The van der Waals surface area contributed by atoms with E-state index in [1.54, 1.807) is 0 Å². The van der Waals surface area contributed by atoms with Crippen molar-refractivity contribution in [3.63, 3.8) is 0 Å². The zero-order valence-electron chi connectivity index (χ0n) is 14.9. The Morgan fingerprint density at radius 1 is 1.12 bits per heavy atom. The summed E-state index contributed by atoms with van der Waals surface area (Å²) < 4.78 is 5.94. The zero-order valence-corrected chi connectivity index (χ0v) is 15.9. The van der Waals surface area contributed by atoms with E-state index in [1.165, 1.54) is 5.56 Å². The molecule has 1 aromatic rings. The molecule has 1 aromatic carbocycles. The zero-order chi connectivity index (χ0) is 17.3. The molecule has 1 heterocycles. The van der Waals surface area contributed by atoms with Crippen LogP contribution in [0, 0.1) is 0 Å². The minimum Gasteiger partial charge on any atom is -0.475 e. The van der Waals surface area contributed by atoms with Gasteiger partial charge in [-0.3, -0.25) is 0 Å². The highest BCUT2D eigenvalue weighted by molar-refractivity contribution is 6.78. The van der Waals surface area contributed by atoms with Gasteiger partial charge < -0.3 is 9.53 Å². The molecule has 3 nitrogen and oxygen atoms in total.